The molecule has 0 spiro atoms. The summed E-state index contributed by atoms with van der Waals surface area (Å²) < 4.78 is 38.5. The van der Waals surface area contributed by atoms with Gasteiger partial charge >= 0.3 is 0 Å². The van der Waals surface area contributed by atoms with Gasteiger partial charge in [-0.15, -0.1) is 10.2 Å². The van der Waals surface area contributed by atoms with Crippen LogP contribution >= 0.6 is 11.3 Å². The molecule has 2 N–H and O–H groups in total. The lowest BCUT2D eigenvalue weighted by Crippen LogP contribution is -2.30. The van der Waals surface area contributed by atoms with Crippen LogP contribution in [-0.4, -0.2) is 25.2 Å². The molecule has 1 aromatic carbocycles. The van der Waals surface area contributed by atoms with E-state index in [0.717, 1.165) is 15.6 Å². The molecule has 6 nitrogen and oxygen atoms in total. The molecule has 0 saturated carbocycles. The van der Waals surface area contributed by atoms with E-state index in [1.165, 1.54) is 24.3 Å². The summed E-state index contributed by atoms with van der Waals surface area (Å²) in [5.41, 5.74) is 5.75. The second kappa shape index (κ2) is 5.10. The highest BCUT2D eigenvalue weighted by Gasteiger charge is 2.27. The van der Waals surface area contributed by atoms with Crippen LogP contribution in [0.15, 0.2) is 28.6 Å². The number of halogens is 1. The van der Waals surface area contributed by atoms with Gasteiger partial charge in [-0.1, -0.05) is 11.3 Å². The summed E-state index contributed by atoms with van der Waals surface area (Å²) in [5.74, 6) is -0.433. The van der Waals surface area contributed by atoms with Crippen molar-refractivity contribution in [3.05, 3.63) is 30.1 Å². The lowest BCUT2D eigenvalue weighted by molar-refractivity contribution is 0.589. The number of nitrogens with two attached hydrogens (primary N) is 1. The Balaban J connectivity index is 2.44. The summed E-state index contributed by atoms with van der Waals surface area (Å²) in [5, 5.41) is 7.10. The quantitative estimate of drug-likeness (QED) is 0.924. The van der Waals surface area contributed by atoms with E-state index in [2.05, 4.69) is 10.2 Å². The van der Waals surface area contributed by atoms with Crippen molar-refractivity contribution in [1.29, 1.82) is 0 Å². The smallest absolute Gasteiger partial charge is 0.293 e. The number of aromatic nitrogens is 2. The molecule has 0 radical (unpaired) electrons. The van der Waals surface area contributed by atoms with Crippen molar-refractivity contribution in [2.75, 3.05) is 16.6 Å². The van der Waals surface area contributed by atoms with Gasteiger partial charge in [0.25, 0.3) is 14.4 Å². The second-order valence-electron chi connectivity index (χ2n) is 3.55. The molecule has 0 bridgehead atoms. The largest absolute Gasteiger partial charge is 0.374 e. The molecule has 2 rings (SSSR count). The number of rotatable bonds is 4. The van der Waals surface area contributed by atoms with Gasteiger partial charge in [-0.2, -0.15) is 8.42 Å². The molecule has 0 fully saturated rings. The van der Waals surface area contributed by atoms with Crippen molar-refractivity contribution in [2.24, 2.45) is 0 Å². The third kappa shape index (κ3) is 2.66. The molecule has 0 amide bonds. The third-order valence-corrected chi connectivity index (χ3v) is 5.34. The van der Waals surface area contributed by atoms with Crippen molar-refractivity contribution in [3.8, 4) is 0 Å². The van der Waals surface area contributed by atoms with Crippen molar-refractivity contribution in [3.63, 3.8) is 0 Å². The number of sulfonamides is 1. The highest BCUT2D eigenvalue weighted by Crippen LogP contribution is 2.26. The van der Waals surface area contributed by atoms with E-state index >= 15 is 0 Å². The summed E-state index contributed by atoms with van der Waals surface area (Å²) in [7, 11) is -3.82. The van der Waals surface area contributed by atoms with Gasteiger partial charge in [-0.3, -0.25) is 4.31 Å². The van der Waals surface area contributed by atoms with Crippen LogP contribution in [0.5, 0.6) is 0 Å². The number of nitrogens with zero attached hydrogens (tertiary/aromatic N) is 3. The minimum atomic E-state index is -3.82. The van der Waals surface area contributed by atoms with Crippen LogP contribution in [0, 0.1) is 5.82 Å². The Bertz CT molecular complexity index is 669. The van der Waals surface area contributed by atoms with Crippen LogP contribution in [0.4, 0.5) is 15.2 Å². The van der Waals surface area contributed by atoms with Crippen LogP contribution < -0.4 is 10.0 Å². The Morgan fingerprint density at radius 2 is 1.95 bits per heavy atom. The van der Waals surface area contributed by atoms with Crippen molar-refractivity contribution >= 4 is 32.2 Å². The standard InChI is InChI=1S/C10H11FN4O2S2/c1-2-15(8-5-3-7(11)4-6-8)19(16,17)10-14-13-9(12)18-10/h3-6H,2H2,1H3,(H2,12,13). The molecule has 0 aliphatic heterocycles. The maximum atomic E-state index is 12.9. The predicted octanol–water partition coefficient (Wildman–Crippen LogP) is 1.47. The molecule has 0 atom stereocenters. The summed E-state index contributed by atoms with van der Waals surface area (Å²) in [6, 6.07) is 5.17. The van der Waals surface area contributed by atoms with E-state index < -0.39 is 15.8 Å². The highest BCUT2D eigenvalue weighted by molar-refractivity contribution is 7.94. The van der Waals surface area contributed by atoms with E-state index in [1.807, 2.05) is 0 Å². The van der Waals surface area contributed by atoms with Gasteiger partial charge in [0.2, 0.25) is 5.13 Å². The van der Waals surface area contributed by atoms with Crippen LogP contribution in [0.25, 0.3) is 0 Å². The Morgan fingerprint density at radius 3 is 2.42 bits per heavy atom. The highest BCUT2D eigenvalue weighted by atomic mass is 32.2. The Hall–Kier alpha value is -1.74. The summed E-state index contributed by atoms with van der Waals surface area (Å²) in [6.45, 7) is 1.86. The molecular formula is C10H11FN4O2S2. The molecule has 0 saturated heterocycles. The minimum Gasteiger partial charge on any atom is -0.374 e. The number of anilines is 2. The molecular weight excluding hydrogens is 291 g/mol. The SMILES string of the molecule is CCN(c1ccc(F)cc1)S(=O)(=O)c1nnc(N)s1. The maximum Gasteiger partial charge on any atom is 0.293 e. The average Bonchev–Trinajstić information content (AvgIpc) is 2.80. The minimum absolute atomic E-state index is 0.0775. The number of nitrogen functional groups attached to an aromatic ring is 1. The molecule has 1 aromatic heterocycles. The first-order valence-corrected chi connectivity index (χ1v) is 7.58. The Labute approximate surface area is 113 Å². The zero-order valence-electron chi connectivity index (χ0n) is 9.95. The van der Waals surface area contributed by atoms with E-state index in [0.29, 0.717) is 5.69 Å². The molecule has 19 heavy (non-hydrogen) atoms. The van der Waals surface area contributed by atoms with Gasteiger partial charge in [0, 0.05) is 6.54 Å². The number of hydrogen-bond acceptors (Lipinski definition) is 6. The molecule has 0 unspecified atom stereocenters. The first-order chi connectivity index (χ1) is 8.95. The predicted molar refractivity (Wildman–Crippen MR) is 70.9 cm³/mol. The lowest BCUT2D eigenvalue weighted by atomic mass is 10.3. The van der Waals surface area contributed by atoms with E-state index in [4.69, 9.17) is 5.73 Å². The van der Waals surface area contributed by atoms with E-state index in [9.17, 15) is 12.8 Å². The van der Waals surface area contributed by atoms with E-state index in [1.54, 1.807) is 6.92 Å². The monoisotopic (exact) mass is 302 g/mol. The second-order valence-corrected chi connectivity index (χ2v) is 6.60. The van der Waals surface area contributed by atoms with Gasteiger partial charge in [0.1, 0.15) is 5.82 Å². The number of hydrogen-bond donors (Lipinski definition) is 1. The fourth-order valence-electron chi connectivity index (χ4n) is 1.52. The third-order valence-electron chi connectivity index (χ3n) is 2.33. The maximum absolute atomic E-state index is 12.9. The first-order valence-electron chi connectivity index (χ1n) is 5.32. The molecule has 102 valence electrons. The average molecular weight is 302 g/mol. The first kappa shape index (κ1) is 13.7. The van der Waals surface area contributed by atoms with E-state index in [-0.39, 0.29) is 16.0 Å². The van der Waals surface area contributed by atoms with Crippen molar-refractivity contribution in [1.82, 2.24) is 10.2 Å². The van der Waals surface area contributed by atoms with Crippen LogP contribution in [0.1, 0.15) is 6.92 Å². The molecule has 0 aliphatic rings. The van der Waals surface area contributed by atoms with Crippen molar-refractivity contribution < 1.29 is 12.8 Å². The molecule has 9 heteroatoms. The normalized spacial score (nSPS) is 11.5. The van der Waals surface area contributed by atoms with Gasteiger partial charge in [-0.05, 0) is 31.2 Å². The number of benzene rings is 1. The fourth-order valence-corrected chi connectivity index (χ4v) is 3.88. The molecule has 2 aromatic rings. The summed E-state index contributed by atoms with van der Waals surface area (Å²) in [6.07, 6.45) is 0. The van der Waals surface area contributed by atoms with Gasteiger partial charge < -0.3 is 5.73 Å². The summed E-state index contributed by atoms with van der Waals surface area (Å²) in [4.78, 5) is 0. The zero-order chi connectivity index (χ0) is 14.0. The van der Waals surface area contributed by atoms with Gasteiger partial charge in [0.05, 0.1) is 5.69 Å². The zero-order valence-corrected chi connectivity index (χ0v) is 11.6. The van der Waals surface area contributed by atoms with Crippen LogP contribution in [-0.2, 0) is 10.0 Å². The molecule has 0 aliphatic carbocycles. The van der Waals surface area contributed by atoms with Gasteiger partial charge in [-0.25, -0.2) is 4.39 Å². The topological polar surface area (TPSA) is 89.2 Å². The Morgan fingerprint density at radius 1 is 1.32 bits per heavy atom. The lowest BCUT2D eigenvalue weighted by Gasteiger charge is -2.20. The van der Waals surface area contributed by atoms with Crippen molar-refractivity contribution in [2.45, 2.75) is 11.3 Å². The Kier molecular flexibility index (Phi) is 3.67. The van der Waals surface area contributed by atoms with Gasteiger partial charge in [0.15, 0.2) is 0 Å². The fraction of sp³-hybridized carbons (Fsp3) is 0.200. The van der Waals surface area contributed by atoms with Crippen LogP contribution in [0.3, 0.4) is 0 Å². The molecule has 1 heterocycles. The summed E-state index contributed by atoms with van der Waals surface area (Å²) >= 11 is 0.788. The van der Waals surface area contributed by atoms with Crippen LogP contribution in [0.2, 0.25) is 0 Å².